The van der Waals surface area contributed by atoms with Gasteiger partial charge in [-0.05, 0) is 51.4 Å². The first-order chi connectivity index (χ1) is 16.2. The molecule has 192 valence electrons. The summed E-state index contributed by atoms with van der Waals surface area (Å²) in [5.41, 5.74) is -0.179. The minimum atomic E-state index is -2.96. The molecule has 3 N–H and O–H groups in total. The van der Waals surface area contributed by atoms with Crippen molar-refractivity contribution < 1.29 is 27.5 Å². The molecule has 5 rings (SSSR count). The lowest BCUT2D eigenvalue weighted by atomic mass is 9.72. The van der Waals surface area contributed by atoms with Gasteiger partial charge < -0.3 is 20.3 Å². The number of nitrogens with zero attached hydrogens (tertiary/aromatic N) is 1. The number of hydrogen-bond acceptors (Lipinski definition) is 6. The summed E-state index contributed by atoms with van der Waals surface area (Å²) in [5, 5.41) is 9.93. The number of rotatable bonds is 4. The van der Waals surface area contributed by atoms with Gasteiger partial charge in [0.25, 0.3) is 0 Å². The summed E-state index contributed by atoms with van der Waals surface area (Å²) in [5.74, 6) is -4.42. The maximum atomic E-state index is 14.2. The largest absolute Gasteiger partial charge is 0.381 e. The third-order valence-corrected chi connectivity index (χ3v) is 9.69. The van der Waals surface area contributed by atoms with Gasteiger partial charge in [-0.3, -0.25) is 14.9 Å². The number of carbonyl (C=O) groups excluding carboxylic acids is 2. The van der Waals surface area contributed by atoms with E-state index in [2.05, 4.69) is 16.0 Å². The highest BCUT2D eigenvalue weighted by molar-refractivity contribution is 8.00. The molecule has 0 aromatic rings. The summed E-state index contributed by atoms with van der Waals surface area (Å²) in [4.78, 5) is 27.7. The molecular formula is C23H35F3N4O3S. The SMILES string of the molecule is CC(F)(F)C1CC(F)CC2NC(C(=O)N3CCC4NC(NC(=O)C5CCOCC5)SC4C3)CC21. The summed E-state index contributed by atoms with van der Waals surface area (Å²) in [6, 6.07) is -0.702. The average Bonchev–Trinajstić information content (AvgIpc) is 3.40. The highest BCUT2D eigenvalue weighted by Gasteiger charge is 2.53. The molecule has 1 saturated carbocycles. The summed E-state index contributed by atoms with van der Waals surface area (Å²) in [6.45, 7) is 3.24. The molecule has 0 bridgehead atoms. The van der Waals surface area contributed by atoms with Crippen LogP contribution in [0.5, 0.6) is 0 Å². The summed E-state index contributed by atoms with van der Waals surface area (Å²) < 4.78 is 47.8. The number of hydrogen-bond donors (Lipinski definition) is 3. The van der Waals surface area contributed by atoms with Crippen molar-refractivity contribution >= 4 is 23.6 Å². The molecule has 11 heteroatoms. The van der Waals surface area contributed by atoms with E-state index >= 15 is 0 Å². The van der Waals surface area contributed by atoms with Crippen LogP contribution in [0.3, 0.4) is 0 Å². The Morgan fingerprint density at radius 1 is 1.09 bits per heavy atom. The monoisotopic (exact) mass is 504 g/mol. The Morgan fingerprint density at radius 3 is 2.59 bits per heavy atom. The second-order valence-corrected chi connectivity index (χ2v) is 12.0. The third kappa shape index (κ3) is 5.08. The molecule has 2 amide bonds. The summed E-state index contributed by atoms with van der Waals surface area (Å²) in [7, 11) is 0. The fourth-order valence-electron chi connectivity index (χ4n) is 6.51. The van der Waals surface area contributed by atoms with E-state index in [1.54, 1.807) is 11.8 Å². The molecule has 8 unspecified atom stereocenters. The Bertz CT molecular complexity index is 781. The van der Waals surface area contributed by atoms with E-state index in [9.17, 15) is 22.8 Å². The molecule has 0 aromatic heterocycles. The van der Waals surface area contributed by atoms with Gasteiger partial charge in [-0.1, -0.05) is 0 Å². The molecular weight excluding hydrogens is 469 g/mol. The van der Waals surface area contributed by atoms with Crippen molar-refractivity contribution in [2.24, 2.45) is 17.8 Å². The van der Waals surface area contributed by atoms with Crippen LogP contribution in [0.2, 0.25) is 0 Å². The van der Waals surface area contributed by atoms with Crippen molar-refractivity contribution in [2.75, 3.05) is 26.3 Å². The van der Waals surface area contributed by atoms with Gasteiger partial charge in [0.1, 0.15) is 11.7 Å². The molecule has 0 radical (unpaired) electrons. The fraction of sp³-hybridized carbons (Fsp3) is 0.913. The van der Waals surface area contributed by atoms with Crippen molar-refractivity contribution in [1.82, 2.24) is 20.9 Å². The number of ether oxygens (including phenoxy) is 1. The first-order valence-electron chi connectivity index (χ1n) is 12.6. The molecule has 4 heterocycles. The van der Waals surface area contributed by atoms with Crippen molar-refractivity contribution in [3.63, 3.8) is 0 Å². The molecule has 5 fully saturated rings. The average molecular weight is 505 g/mol. The maximum Gasteiger partial charge on any atom is 0.248 e. The van der Waals surface area contributed by atoms with Crippen LogP contribution in [0.4, 0.5) is 13.2 Å². The first kappa shape index (κ1) is 24.6. The molecule has 0 aromatic carbocycles. The minimum Gasteiger partial charge on any atom is -0.381 e. The van der Waals surface area contributed by atoms with Crippen LogP contribution in [0, 0.1) is 17.8 Å². The van der Waals surface area contributed by atoms with Gasteiger partial charge in [0, 0.05) is 55.5 Å². The second kappa shape index (κ2) is 9.78. The van der Waals surface area contributed by atoms with E-state index in [4.69, 9.17) is 4.74 Å². The Hall–Kier alpha value is -1.04. The van der Waals surface area contributed by atoms with E-state index < -0.39 is 24.1 Å². The van der Waals surface area contributed by atoms with Gasteiger partial charge in [-0.15, -0.1) is 11.8 Å². The predicted molar refractivity (Wildman–Crippen MR) is 122 cm³/mol. The Morgan fingerprint density at radius 2 is 1.85 bits per heavy atom. The number of carbonyl (C=O) groups is 2. The Balaban J connectivity index is 1.15. The van der Waals surface area contributed by atoms with Crippen molar-refractivity contribution in [2.45, 2.75) is 86.4 Å². The van der Waals surface area contributed by atoms with Crippen molar-refractivity contribution in [1.29, 1.82) is 0 Å². The number of fused-ring (bicyclic) bond motifs is 2. The zero-order chi connectivity index (χ0) is 24.0. The maximum absolute atomic E-state index is 14.2. The molecule has 1 aliphatic carbocycles. The van der Waals surface area contributed by atoms with Crippen LogP contribution in [0.25, 0.3) is 0 Å². The lowest BCUT2D eigenvalue weighted by molar-refractivity contribution is -0.134. The number of halogens is 3. The Labute approximate surface area is 202 Å². The zero-order valence-electron chi connectivity index (χ0n) is 19.5. The predicted octanol–water partition coefficient (Wildman–Crippen LogP) is 1.87. The Kier molecular flexibility index (Phi) is 7.09. The van der Waals surface area contributed by atoms with E-state index in [1.165, 1.54) is 0 Å². The van der Waals surface area contributed by atoms with Gasteiger partial charge in [0.2, 0.25) is 17.7 Å². The summed E-state index contributed by atoms with van der Waals surface area (Å²) in [6.07, 6.45) is 1.39. The van der Waals surface area contributed by atoms with Crippen molar-refractivity contribution in [3.05, 3.63) is 0 Å². The second-order valence-electron chi connectivity index (χ2n) is 10.7. The van der Waals surface area contributed by atoms with Crippen LogP contribution in [-0.4, -0.2) is 84.0 Å². The lowest BCUT2D eigenvalue weighted by Crippen LogP contribution is -2.54. The standard InChI is InChI=1S/C23H35F3N4O3S/c1-23(25,26)15-8-13(24)9-17-14(15)10-18(27-17)21(32)30-5-2-16-19(11-30)34-22(28-16)29-20(31)12-3-6-33-7-4-12/h12-19,22,27-28H,2-11H2,1H3,(H,29,31). The molecule has 0 spiro atoms. The lowest BCUT2D eigenvalue weighted by Gasteiger charge is -2.38. The van der Waals surface area contributed by atoms with Crippen LogP contribution in [0.1, 0.15) is 45.4 Å². The van der Waals surface area contributed by atoms with Crippen LogP contribution in [-0.2, 0) is 14.3 Å². The van der Waals surface area contributed by atoms with Crippen molar-refractivity contribution in [3.8, 4) is 0 Å². The molecule has 4 aliphatic heterocycles. The number of alkyl halides is 3. The van der Waals surface area contributed by atoms with E-state index in [0.29, 0.717) is 32.7 Å². The number of nitrogens with one attached hydrogen (secondary N) is 3. The normalized spacial score (nSPS) is 41.1. The highest BCUT2D eigenvalue weighted by Crippen LogP contribution is 2.46. The molecule has 4 saturated heterocycles. The zero-order valence-corrected chi connectivity index (χ0v) is 20.3. The van der Waals surface area contributed by atoms with Gasteiger partial charge in [-0.25, -0.2) is 13.2 Å². The van der Waals surface area contributed by atoms with Gasteiger partial charge in [0.15, 0.2) is 0 Å². The molecule has 5 aliphatic rings. The van der Waals surface area contributed by atoms with E-state index in [-0.39, 0.29) is 59.3 Å². The molecule has 8 atom stereocenters. The molecule has 34 heavy (non-hydrogen) atoms. The van der Waals surface area contributed by atoms with Gasteiger partial charge in [0.05, 0.1) is 6.04 Å². The topological polar surface area (TPSA) is 82.7 Å². The highest BCUT2D eigenvalue weighted by atomic mass is 32.2. The number of likely N-dealkylation sites (tertiary alicyclic amines) is 1. The van der Waals surface area contributed by atoms with Crippen LogP contribution < -0.4 is 16.0 Å². The number of thioether (sulfide) groups is 1. The van der Waals surface area contributed by atoms with Gasteiger partial charge in [-0.2, -0.15) is 0 Å². The van der Waals surface area contributed by atoms with E-state index in [0.717, 1.165) is 26.2 Å². The van der Waals surface area contributed by atoms with Crippen LogP contribution >= 0.6 is 11.8 Å². The van der Waals surface area contributed by atoms with E-state index in [1.807, 2.05) is 4.90 Å². The first-order valence-corrected chi connectivity index (χ1v) is 13.5. The third-order valence-electron chi connectivity index (χ3n) is 8.34. The fourth-order valence-corrected chi connectivity index (χ4v) is 7.97. The van der Waals surface area contributed by atoms with Gasteiger partial charge >= 0.3 is 0 Å². The summed E-state index contributed by atoms with van der Waals surface area (Å²) >= 11 is 1.64. The minimum absolute atomic E-state index is 0.0166. The quantitative estimate of drug-likeness (QED) is 0.542. The number of piperidine rings is 1. The smallest absolute Gasteiger partial charge is 0.248 e. The number of amides is 2. The molecule has 7 nitrogen and oxygen atoms in total. The van der Waals surface area contributed by atoms with Crippen LogP contribution in [0.15, 0.2) is 0 Å².